The zero-order valence-electron chi connectivity index (χ0n) is 12.4. The maximum absolute atomic E-state index is 13.6. The molecule has 0 aliphatic heterocycles. The Balaban J connectivity index is 1.95. The fourth-order valence-electron chi connectivity index (χ4n) is 2.00. The zero-order chi connectivity index (χ0) is 16.8. The van der Waals surface area contributed by atoms with Crippen molar-refractivity contribution in [3.05, 3.63) is 64.4 Å². The molecule has 120 valence electrons. The first-order chi connectivity index (χ1) is 11.0. The smallest absolute Gasteiger partial charge is 0.341 e. The van der Waals surface area contributed by atoms with Crippen LogP contribution in [0, 0.1) is 5.82 Å². The van der Waals surface area contributed by atoms with Gasteiger partial charge < -0.3 is 10.1 Å². The molecule has 1 amide bonds. The summed E-state index contributed by atoms with van der Waals surface area (Å²) in [6.45, 7) is 1.47. The SMILES string of the molecule is CCc1ccccc1NC(=O)COC(=O)c1ccc(Cl)cc1F. The van der Waals surface area contributed by atoms with Gasteiger partial charge in [-0.1, -0.05) is 36.7 Å². The van der Waals surface area contributed by atoms with Crippen LogP contribution in [0.4, 0.5) is 10.1 Å². The number of halogens is 2. The number of anilines is 1. The predicted octanol–water partition coefficient (Wildman–Crippen LogP) is 3.84. The molecular weight excluding hydrogens is 321 g/mol. The van der Waals surface area contributed by atoms with Crippen molar-refractivity contribution in [1.29, 1.82) is 0 Å². The van der Waals surface area contributed by atoms with E-state index in [-0.39, 0.29) is 10.6 Å². The Morgan fingerprint density at radius 1 is 1.22 bits per heavy atom. The molecule has 2 rings (SSSR count). The van der Waals surface area contributed by atoms with Crippen LogP contribution in [-0.4, -0.2) is 18.5 Å². The molecule has 0 unspecified atom stereocenters. The summed E-state index contributed by atoms with van der Waals surface area (Å²) in [5, 5.41) is 2.84. The van der Waals surface area contributed by atoms with Crippen LogP contribution in [-0.2, 0) is 16.0 Å². The summed E-state index contributed by atoms with van der Waals surface area (Å²) in [6, 6.07) is 10.9. The van der Waals surface area contributed by atoms with Gasteiger partial charge in [-0.15, -0.1) is 0 Å². The van der Waals surface area contributed by atoms with Gasteiger partial charge in [-0.25, -0.2) is 9.18 Å². The van der Waals surface area contributed by atoms with Crippen molar-refractivity contribution < 1.29 is 18.7 Å². The molecule has 0 spiro atoms. The summed E-state index contributed by atoms with van der Waals surface area (Å²) in [5.41, 5.74) is 1.36. The minimum atomic E-state index is -0.918. The van der Waals surface area contributed by atoms with Crippen LogP contribution >= 0.6 is 11.6 Å². The first-order valence-electron chi connectivity index (χ1n) is 7.01. The normalized spacial score (nSPS) is 10.2. The van der Waals surface area contributed by atoms with E-state index in [1.54, 1.807) is 12.1 Å². The summed E-state index contributed by atoms with van der Waals surface area (Å²) in [6.07, 6.45) is 0.756. The average Bonchev–Trinajstić information content (AvgIpc) is 2.53. The van der Waals surface area contributed by atoms with Crippen LogP contribution in [0.15, 0.2) is 42.5 Å². The van der Waals surface area contributed by atoms with Crippen LogP contribution < -0.4 is 5.32 Å². The number of ether oxygens (including phenoxy) is 1. The molecule has 23 heavy (non-hydrogen) atoms. The van der Waals surface area contributed by atoms with Gasteiger partial charge >= 0.3 is 5.97 Å². The standard InChI is InChI=1S/C17H15ClFNO3/c1-2-11-5-3-4-6-15(11)20-16(21)10-23-17(22)13-8-7-12(18)9-14(13)19/h3-9H,2,10H2,1H3,(H,20,21). The van der Waals surface area contributed by atoms with Crippen molar-refractivity contribution in [2.75, 3.05) is 11.9 Å². The van der Waals surface area contributed by atoms with E-state index in [9.17, 15) is 14.0 Å². The van der Waals surface area contributed by atoms with Crippen molar-refractivity contribution in [3.8, 4) is 0 Å². The number of para-hydroxylation sites is 1. The minimum Gasteiger partial charge on any atom is -0.452 e. The molecule has 0 aromatic heterocycles. The molecule has 0 atom stereocenters. The van der Waals surface area contributed by atoms with Crippen molar-refractivity contribution in [2.45, 2.75) is 13.3 Å². The lowest BCUT2D eigenvalue weighted by molar-refractivity contribution is -0.119. The maximum atomic E-state index is 13.6. The van der Waals surface area contributed by atoms with E-state index >= 15 is 0 Å². The lowest BCUT2D eigenvalue weighted by Crippen LogP contribution is -2.22. The first kappa shape index (κ1) is 17.0. The van der Waals surface area contributed by atoms with Crippen molar-refractivity contribution in [1.82, 2.24) is 0 Å². The molecule has 0 saturated heterocycles. The van der Waals surface area contributed by atoms with E-state index < -0.39 is 24.3 Å². The molecule has 2 aromatic rings. The van der Waals surface area contributed by atoms with Crippen LogP contribution in [0.5, 0.6) is 0 Å². The van der Waals surface area contributed by atoms with Gasteiger partial charge in [-0.05, 0) is 36.2 Å². The van der Waals surface area contributed by atoms with Gasteiger partial charge in [0.05, 0.1) is 5.56 Å². The quantitative estimate of drug-likeness (QED) is 0.845. The van der Waals surface area contributed by atoms with Crippen molar-refractivity contribution in [2.24, 2.45) is 0 Å². The molecule has 1 N–H and O–H groups in total. The van der Waals surface area contributed by atoms with Gasteiger partial charge in [0.15, 0.2) is 6.61 Å². The highest BCUT2D eigenvalue weighted by Gasteiger charge is 2.15. The molecule has 2 aromatic carbocycles. The van der Waals surface area contributed by atoms with Gasteiger partial charge in [-0.2, -0.15) is 0 Å². The fraction of sp³-hybridized carbons (Fsp3) is 0.176. The number of esters is 1. The highest BCUT2D eigenvalue weighted by molar-refractivity contribution is 6.30. The number of rotatable bonds is 5. The summed E-state index contributed by atoms with van der Waals surface area (Å²) in [5.74, 6) is -2.20. The molecule has 0 fully saturated rings. The monoisotopic (exact) mass is 335 g/mol. The Morgan fingerprint density at radius 2 is 1.96 bits per heavy atom. The largest absolute Gasteiger partial charge is 0.452 e. The molecule has 0 saturated carbocycles. The number of carbonyl (C=O) groups excluding carboxylic acids is 2. The molecule has 4 nitrogen and oxygen atoms in total. The molecule has 0 aliphatic carbocycles. The molecule has 0 heterocycles. The van der Waals surface area contributed by atoms with E-state index in [0.29, 0.717) is 5.69 Å². The van der Waals surface area contributed by atoms with Gasteiger partial charge in [0, 0.05) is 10.7 Å². The predicted molar refractivity (Wildman–Crippen MR) is 86.1 cm³/mol. The minimum absolute atomic E-state index is 0.174. The Morgan fingerprint density at radius 3 is 2.65 bits per heavy atom. The second-order valence-corrected chi connectivity index (χ2v) is 5.20. The van der Waals surface area contributed by atoms with Gasteiger partial charge in [-0.3, -0.25) is 4.79 Å². The number of hydrogen-bond donors (Lipinski definition) is 1. The lowest BCUT2D eigenvalue weighted by Gasteiger charge is -2.10. The van der Waals surface area contributed by atoms with Gasteiger partial charge in [0.25, 0.3) is 5.91 Å². The first-order valence-corrected chi connectivity index (χ1v) is 7.39. The number of aryl methyl sites for hydroxylation is 1. The lowest BCUT2D eigenvalue weighted by atomic mass is 10.1. The van der Waals surface area contributed by atoms with E-state index in [4.69, 9.17) is 16.3 Å². The third-order valence-corrected chi connectivity index (χ3v) is 3.39. The fourth-order valence-corrected chi connectivity index (χ4v) is 2.16. The summed E-state index contributed by atoms with van der Waals surface area (Å²) in [4.78, 5) is 23.6. The maximum Gasteiger partial charge on any atom is 0.341 e. The Hall–Kier alpha value is -2.40. The Labute approximate surface area is 138 Å². The highest BCUT2D eigenvalue weighted by atomic mass is 35.5. The number of benzene rings is 2. The summed E-state index contributed by atoms with van der Waals surface area (Å²) >= 11 is 5.61. The number of hydrogen-bond acceptors (Lipinski definition) is 3. The molecule has 0 aliphatic rings. The number of nitrogens with one attached hydrogen (secondary N) is 1. The second kappa shape index (κ2) is 7.74. The molecule has 0 radical (unpaired) electrons. The van der Waals surface area contributed by atoms with Crippen LogP contribution in [0.2, 0.25) is 5.02 Å². The van der Waals surface area contributed by atoms with Crippen molar-refractivity contribution in [3.63, 3.8) is 0 Å². The summed E-state index contributed by atoms with van der Waals surface area (Å²) in [7, 11) is 0. The van der Waals surface area contributed by atoms with E-state index in [0.717, 1.165) is 18.1 Å². The van der Waals surface area contributed by atoms with Gasteiger partial charge in [0.2, 0.25) is 0 Å². The van der Waals surface area contributed by atoms with E-state index in [1.165, 1.54) is 12.1 Å². The van der Waals surface area contributed by atoms with E-state index in [2.05, 4.69) is 5.32 Å². The Bertz CT molecular complexity index is 734. The number of carbonyl (C=O) groups is 2. The molecular formula is C17H15ClFNO3. The second-order valence-electron chi connectivity index (χ2n) is 4.76. The van der Waals surface area contributed by atoms with Crippen molar-refractivity contribution >= 4 is 29.2 Å². The molecule has 6 heteroatoms. The van der Waals surface area contributed by atoms with Crippen LogP contribution in [0.3, 0.4) is 0 Å². The highest BCUT2D eigenvalue weighted by Crippen LogP contribution is 2.16. The van der Waals surface area contributed by atoms with E-state index in [1.807, 2.05) is 19.1 Å². The van der Waals surface area contributed by atoms with Crippen LogP contribution in [0.25, 0.3) is 0 Å². The Kier molecular flexibility index (Phi) is 5.71. The van der Waals surface area contributed by atoms with Gasteiger partial charge in [0.1, 0.15) is 5.82 Å². The third kappa shape index (κ3) is 4.53. The zero-order valence-corrected chi connectivity index (χ0v) is 13.2. The number of amides is 1. The molecule has 0 bridgehead atoms. The average molecular weight is 336 g/mol. The third-order valence-electron chi connectivity index (χ3n) is 3.16. The topological polar surface area (TPSA) is 55.4 Å². The van der Waals surface area contributed by atoms with Crippen LogP contribution in [0.1, 0.15) is 22.8 Å². The summed E-state index contributed by atoms with van der Waals surface area (Å²) < 4.78 is 18.4.